The lowest BCUT2D eigenvalue weighted by atomic mass is 9.87. The molecule has 0 radical (unpaired) electrons. The lowest BCUT2D eigenvalue weighted by Gasteiger charge is -2.20. The highest BCUT2D eigenvalue weighted by molar-refractivity contribution is 14.0. The predicted molar refractivity (Wildman–Crippen MR) is 102 cm³/mol. The number of hydrogen-bond donors (Lipinski definition) is 3. The van der Waals surface area contributed by atoms with Gasteiger partial charge in [0.15, 0.2) is 5.96 Å². The van der Waals surface area contributed by atoms with E-state index in [1.165, 1.54) is 38.5 Å². The number of guanidine groups is 1. The minimum absolute atomic E-state index is 0. The molecule has 2 aliphatic carbocycles. The summed E-state index contributed by atoms with van der Waals surface area (Å²) in [6, 6.07) is 0.567. The van der Waals surface area contributed by atoms with Crippen molar-refractivity contribution in [1.29, 1.82) is 0 Å². The van der Waals surface area contributed by atoms with Crippen molar-refractivity contribution in [3.63, 3.8) is 0 Å². The van der Waals surface area contributed by atoms with E-state index in [0.717, 1.165) is 18.4 Å². The molecule has 0 aromatic rings. The fourth-order valence-electron chi connectivity index (χ4n) is 3.00. The maximum absolute atomic E-state index is 11.9. The first kappa shape index (κ1) is 19.5. The van der Waals surface area contributed by atoms with Crippen molar-refractivity contribution in [2.75, 3.05) is 20.1 Å². The quantitative estimate of drug-likeness (QED) is 0.266. The van der Waals surface area contributed by atoms with E-state index in [0.29, 0.717) is 24.9 Å². The molecule has 2 fully saturated rings. The topological polar surface area (TPSA) is 65.5 Å². The van der Waals surface area contributed by atoms with Crippen LogP contribution in [0.25, 0.3) is 0 Å². The van der Waals surface area contributed by atoms with Crippen LogP contribution in [0.3, 0.4) is 0 Å². The molecule has 2 saturated carbocycles. The lowest BCUT2D eigenvalue weighted by Crippen LogP contribution is -2.42. The average molecular weight is 422 g/mol. The zero-order valence-corrected chi connectivity index (χ0v) is 16.2. The Morgan fingerprint density at radius 2 is 1.77 bits per heavy atom. The van der Waals surface area contributed by atoms with E-state index >= 15 is 0 Å². The van der Waals surface area contributed by atoms with Crippen molar-refractivity contribution in [3.05, 3.63) is 0 Å². The van der Waals surface area contributed by atoms with Gasteiger partial charge < -0.3 is 16.0 Å². The van der Waals surface area contributed by atoms with Gasteiger partial charge in [0.1, 0.15) is 0 Å². The Morgan fingerprint density at radius 1 is 1.14 bits per heavy atom. The van der Waals surface area contributed by atoms with Gasteiger partial charge in [-0.2, -0.15) is 0 Å². The maximum atomic E-state index is 11.9. The third kappa shape index (κ3) is 7.15. The number of amides is 1. The molecule has 2 aliphatic rings. The largest absolute Gasteiger partial charge is 0.355 e. The van der Waals surface area contributed by atoms with E-state index < -0.39 is 0 Å². The number of aliphatic imine (C=N–C) groups is 1. The number of hydrogen-bond acceptors (Lipinski definition) is 2. The molecule has 3 N–H and O–H groups in total. The van der Waals surface area contributed by atoms with Crippen LogP contribution in [-0.4, -0.2) is 38.0 Å². The molecule has 128 valence electrons. The van der Waals surface area contributed by atoms with Gasteiger partial charge in [0.2, 0.25) is 5.91 Å². The molecule has 0 aromatic carbocycles. The third-order valence-corrected chi connectivity index (χ3v) is 4.59. The standard InChI is InChI=1S/C16H30N4O.HI/c1-12-10-14(12)20-16(17-2)19-9-8-18-15(21)11-13-6-4-3-5-7-13;/h12-14H,3-11H2,1-2H3,(H,18,21)(H2,17,19,20);1H. The minimum atomic E-state index is 0. The molecule has 0 heterocycles. The lowest BCUT2D eigenvalue weighted by molar-refractivity contribution is -0.122. The van der Waals surface area contributed by atoms with Crippen LogP contribution >= 0.6 is 24.0 Å². The van der Waals surface area contributed by atoms with Gasteiger partial charge in [-0.25, -0.2) is 0 Å². The first-order valence-electron chi connectivity index (χ1n) is 8.43. The van der Waals surface area contributed by atoms with Crippen LogP contribution in [0.1, 0.15) is 51.9 Å². The fraction of sp³-hybridized carbons (Fsp3) is 0.875. The maximum Gasteiger partial charge on any atom is 0.220 e. The van der Waals surface area contributed by atoms with Crippen molar-refractivity contribution in [2.45, 2.75) is 57.9 Å². The second-order valence-corrected chi connectivity index (χ2v) is 6.52. The molecule has 0 saturated heterocycles. The summed E-state index contributed by atoms with van der Waals surface area (Å²) >= 11 is 0. The number of nitrogens with one attached hydrogen (secondary N) is 3. The van der Waals surface area contributed by atoms with E-state index in [-0.39, 0.29) is 29.9 Å². The molecule has 2 rings (SSSR count). The molecule has 22 heavy (non-hydrogen) atoms. The van der Waals surface area contributed by atoms with Gasteiger partial charge in [0.25, 0.3) is 0 Å². The summed E-state index contributed by atoms with van der Waals surface area (Å²) < 4.78 is 0. The molecular formula is C16H31IN4O. The van der Waals surface area contributed by atoms with Crippen LogP contribution in [0.2, 0.25) is 0 Å². The Bertz CT molecular complexity index is 369. The summed E-state index contributed by atoms with van der Waals surface area (Å²) in [5.74, 6) is 2.39. The SMILES string of the molecule is CN=C(NCCNC(=O)CC1CCCCC1)NC1CC1C.I. The molecular weight excluding hydrogens is 391 g/mol. The van der Waals surface area contributed by atoms with E-state index in [4.69, 9.17) is 0 Å². The minimum Gasteiger partial charge on any atom is -0.355 e. The first-order chi connectivity index (χ1) is 10.2. The van der Waals surface area contributed by atoms with E-state index in [1.54, 1.807) is 7.05 Å². The van der Waals surface area contributed by atoms with Crippen molar-refractivity contribution in [3.8, 4) is 0 Å². The van der Waals surface area contributed by atoms with Crippen molar-refractivity contribution < 1.29 is 4.79 Å². The van der Waals surface area contributed by atoms with Gasteiger partial charge in [-0.15, -0.1) is 24.0 Å². The van der Waals surface area contributed by atoms with Gasteiger partial charge in [-0.05, 0) is 31.1 Å². The summed E-state index contributed by atoms with van der Waals surface area (Å²) in [6.45, 7) is 3.61. The second kappa shape index (κ2) is 10.3. The number of rotatable bonds is 6. The molecule has 0 bridgehead atoms. The predicted octanol–water partition coefficient (Wildman–Crippen LogP) is 2.26. The first-order valence-corrected chi connectivity index (χ1v) is 8.43. The summed E-state index contributed by atoms with van der Waals surface area (Å²) in [5.41, 5.74) is 0. The van der Waals surface area contributed by atoms with Crippen molar-refractivity contribution >= 4 is 35.8 Å². The van der Waals surface area contributed by atoms with Crippen molar-refractivity contribution in [1.82, 2.24) is 16.0 Å². The summed E-state index contributed by atoms with van der Waals surface area (Å²) in [5, 5.41) is 9.62. The number of halogens is 1. The van der Waals surface area contributed by atoms with Crippen LogP contribution in [0, 0.1) is 11.8 Å². The Labute approximate surface area is 151 Å². The molecule has 6 heteroatoms. The summed E-state index contributed by atoms with van der Waals surface area (Å²) in [7, 11) is 1.78. The van der Waals surface area contributed by atoms with Crippen LogP contribution in [0.15, 0.2) is 4.99 Å². The normalized spacial score (nSPS) is 25.1. The highest BCUT2D eigenvalue weighted by atomic mass is 127. The summed E-state index contributed by atoms with van der Waals surface area (Å²) in [6.07, 6.45) is 8.30. The molecule has 0 spiro atoms. The second-order valence-electron chi connectivity index (χ2n) is 6.52. The Balaban J connectivity index is 0.00000242. The number of nitrogens with zero attached hydrogens (tertiary/aromatic N) is 1. The average Bonchev–Trinajstić information content (AvgIpc) is 3.18. The van der Waals surface area contributed by atoms with Gasteiger partial charge >= 0.3 is 0 Å². The summed E-state index contributed by atoms with van der Waals surface area (Å²) in [4.78, 5) is 16.1. The Hall–Kier alpha value is -0.530. The van der Waals surface area contributed by atoms with Crippen LogP contribution in [0.4, 0.5) is 0 Å². The Morgan fingerprint density at radius 3 is 2.36 bits per heavy atom. The highest BCUT2D eigenvalue weighted by Crippen LogP contribution is 2.28. The molecule has 2 atom stereocenters. The van der Waals surface area contributed by atoms with Gasteiger partial charge in [0, 0.05) is 32.6 Å². The number of carbonyl (C=O) groups excluding carboxylic acids is 1. The monoisotopic (exact) mass is 422 g/mol. The number of carbonyl (C=O) groups is 1. The van der Waals surface area contributed by atoms with Crippen LogP contribution in [-0.2, 0) is 4.79 Å². The molecule has 0 aromatic heterocycles. The molecule has 1 amide bonds. The van der Waals surface area contributed by atoms with E-state index in [1.807, 2.05) is 0 Å². The third-order valence-electron chi connectivity index (χ3n) is 4.59. The van der Waals surface area contributed by atoms with E-state index in [2.05, 4.69) is 27.9 Å². The van der Waals surface area contributed by atoms with Gasteiger partial charge in [-0.1, -0.05) is 26.2 Å². The van der Waals surface area contributed by atoms with E-state index in [9.17, 15) is 4.79 Å². The molecule has 5 nitrogen and oxygen atoms in total. The zero-order chi connectivity index (χ0) is 15.1. The highest BCUT2D eigenvalue weighted by Gasteiger charge is 2.33. The van der Waals surface area contributed by atoms with Gasteiger partial charge in [0.05, 0.1) is 0 Å². The zero-order valence-electron chi connectivity index (χ0n) is 13.9. The van der Waals surface area contributed by atoms with Gasteiger partial charge in [-0.3, -0.25) is 9.79 Å². The van der Waals surface area contributed by atoms with Crippen LogP contribution in [0.5, 0.6) is 0 Å². The van der Waals surface area contributed by atoms with Crippen molar-refractivity contribution in [2.24, 2.45) is 16.8 Å². The molecule has 2 unspecified atom stereocenters. The van der Waals surface area contributed by atoms with Crippen LogP contribution < -0.4 is 16.0 Å². The molecule has 0 aliphatic heterocycles. The fourth-order valence-corrected chi connectivity index (χ4v) is 3.00. The smallest absolute Gasteiger partial charge is 0.220 e. The Kier molecular flexibility index (Phi) is 9.12.